The van der Waals surface area contributed by atoms with Gasteiger partial charge in [-0.15, -0.1) is 0 Å². The zero-order valence-corrected chi connectivity index (χ0v) is 17.7. The molecule has 29 heavy (non-hydrogen) atoms. The Labute approximate surface area is 177 Å². The van der Waals surface area contributed by atoms with Gasteiger partial charge in [-0.2, -0.15) is 0 Å². The van der Waals surface area contributed by atoms with Crippen LogP contribution in [0.25, 0.3) is 11.3 Å². The molecule has 1 heterocycles. The Morgan fingerprint density at radius 1 is 1.14 bits per heavy atom. The number of hydrogen-bond donors (Lipinski definition) is 1. The third-order valence-electron chi connectivity index (χ3n) is 5.02. The third kappa shape index (κ3) is 4.37. The second-order valence-electron chi connectivity index (χ2n) is 7.22. The number of amides is 1. The van der Waals surface area contributed by atoms with Crippen LogP contribution in [0.1, 0.15) is 35.9 Å². The highest BCUT2D eigenvalue weighted by atomic mass is 79.9. The van der Waals surface area contributed by atoms with Gasteiger partial charge in [-0.3, -0.25) is 4.79 Å². The van der Waals surface area contributed by atoms with Gasteiger partial charge in [0.25, 0.3) is 0 Å². The highest BCUT2D eigenvalue weighted by Gasteiger charge is 2.22. The quantitative estimate of drug-likeness (QED) is 0.571. The number of hydrogen-bond acceptors (Lipinski definition) is 3. The summed E-state index contributed by atoms with van der Waals surface area (Å²) in [6, 6.07) is 12.5. The van der Waals surface area contributed by atoms with Crippen molar-refractivity contribution < 1.29 is 9.18 Å². The Morgan fingerprint density at radius 2 is 1.93 bits per heavy atom. The summed E-state index contributed by atoms with van der Waals surface area (Å²) in [5.74, 6) is 0.196. The van der Waals surface area contributed by atoms with E-state index in [9.17, 15) is 9.18 Å². The van der Waals surface area contributed by atoms with Gasteiger partial charge in [-0.25, -0.2) is 14.4 Å². The third-order valence-corrected chi connectivity index (χ3v) is 5.54. The van der Waals surface area contributed by atoms with E-state index >= 15 is 0 Å². The van der Waals surface area contributed by atoms with E-state index in [-0.39, 0.29) is 18.1 Å². The van der Waals surface area contributed by atoms with Crippen molar-refractivity contribution in [3.05, 3.63) is 75.3 Å². The molecular weight excluding hydrogens is 433 g/mol. The summed E-state index contributed by atoms with van der Waals surface area (Å²) in [5.41, 5.74) is 5.26. The summed E-state index contributed by atoms with van der Waals surface area (Å²) >= 11 is 3.40. The molecule has 0 saturated heterocycles. The number of benzene rings is 2. The van der Waals surface area contributed by atoms with Gasteiger partial charge in [0.05, 0.1) is 23.5 Å². The monoisotopic (exact) mass is 453 g/mol. The predicted octanol–water partition coefficient (Wildman–Crippen LogP) is 5.28. The number of carbonyl (C=O) groups excluding carboxylic acids is 1. The van der Waals surface area contributed by atoms with Crippen molar-refractivity contribution >= 4 is 27.7 Å². The Balaban J connectivity index is 1.63. The van der Waals surface area contributed by atoms with Gasteiger partial charge in [0.15, 0.2) is 5.82 Å². The molecule has 2 aromatic carbocycles. The zero-order valence-electron chi connectivity index (χ0n) is 16.1. The predicted molar refractivity (Wildman–Crippen MR) is 115 cm³/mol. The fourth-order valence-electron chi connectivity index (χ4n) is 3.62. The van der Waals surface area contributed by atoms with Crippen LogP contribution in [0.3, 0.4) is 0 Å². The number of fused-ring (bicyclic) bond motifs is 3. The van der Waals surface area contributed by atoms with Crippen molar-refractivity contribution in [2.24, 2.45) is 0 Å². The van der Waals surface area contributed by atoms with Crippen molar-refractivity contribution in [3.63, 3.8) is 0 Å². The van der Waals surface area contributed by atoms with E-state index in [1.54, 1.807) is 12.1 Å². The molecule has 6 heteroatoms. The normalized spacial score (nSPS) is 12.2. The van der Waals surface area contributed by atoms with Crippen molar-refractivity contribution in [2.75, 3.05) is 5.32 Å². The lowest BCUT2D eigenvalue weighted by Gasteiger charge is -2.21. The van der Waals surface area contributed by atoms with Gasteiger partial charge >= 0.3 is 0 Å². The van der Waals surface area contributed by atoms with Crippen LogP contribution < -0.4 is 5.32 Å². The van der Waals surface area contributed by atoms with E-state index in [1.165, 1.54) is 6.07 Å². The van der Waals surface area contributed by atoms with E-state index < -0.39 is 0 Å². The van der Waals surface area contributed by atoms with Gasteiger partial charge < -0.3 is 5.32 Å². The van der Waals surface area contributed by atoms with Crippen molar-refractivity contribution in [1.82, 2.24) is 9.97 Å². The first kappa shape index (κ1) is 19.7. The van der Waals surface area contributed by atoms with Crippen molar-refractivity contribution in [1.29, 1.82) is 0 Å². The minimum Gasteiger partial charge on any atom is -0.309 e. The number of anilines is 1. The van der Waals surface area contributed by atoms with Crippen LogP contribution in [0.15, 0.2) is 46.9 Å². The molecule has 0 unspecified atom stereocenters. The standard InChI is InChI=1S/C23H21BrFN3O/c1-2-3-20-23(28-21(29)12-14-4-7-16(24)8-5-14)27-19-11-6-15-13-17(25)9-10-18(15)22(19)26-20/h4-5,7-10,13H,2-3,6,11-12H2,1H3,(H,27,28,29). The molecule has 3 aromatic rings. The van der Waals surface area contributed by atoms with Gasteiger partial charge in [-0.05, 0) is 60.7 Å². The summed E-state index contributed by atoms with van der Waals surface area (Å²) in [4.78, 5) is 22.2. The first-order chi connectivity index (χ1) is 14.0. The molecule has 1 N–H and O–H groups in total. The molecule has 0 spiro atoms. The minimum atomic E-state index is -0.231. The summed E-state index contributed by atoms with van der Waals surface area (Å²) in [6.45, 7) is 2.07. The molecule has 1 aliphatic rings. The van der Waals surface area contributed by atoms with Gasteiger partial charge in [0.2, 0.25) is 5.91 Å². The van der Waals surface area contributed by atoms with Crippen LogP contribution in [0, 0.1) is 5.82 Å². The zero-order chi connectivity index (χ0) is 20.4. The van der Waals surface area contributed by atoms with Gasteiger partial charge in [0.1, 0.15) is 5.82 Å². The second-order valence-corrected chi connectivity index (χ2v) is 8.13. The van der Waals surface area contributed by atoms with Crippen molar-refractivity contribution in [2.45, 2.75) is 39.0 Å². The van der Waals surface area contributed by atoms with E-state index in [1.807, 2.05) is 24.3 Å². The molecule has 1 aromatic heterocycles. The number of aryl methyl sites for hydroxylation is 3. The lowest BCUT2D eigenvalue weighted by atomic mass is 9.91. The molecule has 0 bridgehead atoms. The molecule has 0 aliphatic heterocycles. The van der Waals surface area contributed by atoms with E-state index in [0.717, 1.165) is 44.7 Å². The molecule has 0 fully saturated rings. The number of nitrogens with one attached hydrogen (secondary N) is 1. The molecular formula is C23H21BrFN3O. The second kappa shape index (κ2) is 8.41. The molecule has 0 atom stereocenters. The fraction of sp³-hybridized carbons (Fsp3) is 0.261. The van der Waals surface area contributed by atoms with Crippen LogP contribution in [0.5, 0.6) is 0 Å². The molecule has 4 nitrogen and oxygen atoms in total. The highest BCUT2D eigenvalue weighted by Crippen LogP contribution is 2.33. The molecule has 4 rings (SSSR count). The van der Waals surface area contributed by atoms with Gasteiger partial charge in [-0.1, -0.05) is 41.4 Å². The maximum absolute atomic E-state index is 13.6. The maximum Gasteiger partial charge on any atom is 0.229 e. The van der Waals surface area contributed by atoms with Crippen LogP contribution in [0.2, 0.25) is 0 Å². The average molecular weight is 454 g/mol. The summed E-state index contributed by atoms with van der Waals surface area (Å²) in [7, 11) is 0. The first-order valence-corrected chi connectivity index (χ1v) is 10.6. The number of halogens is 2. The average Bonchev–Trinajstić information content (AvgIpc) is 2.70. The van der Waals surface area contributed by atoms with Crippen LogP contribution in [-0.2, 0) is 30.5 Å². The maximum atomic E-state index is 13.6. The number of carbonyl (C=O) groups is 1. The Morgan fingerprint density at radius 3 is 2.69 bits per heavy atom. The van der Waals surface area contributed by atoms with Crippen LogP contribution >= 0.6 is 15.9 Å². The lowest BCUT2D eigenvalue weighted by Crippen LogP contribution is -2.19. The van der Waals surface area contributed by atoms with Gasteiger partial charge in [0, 0.05) is 10.0 Å². The Bertz CT molecular complexity index is 1070. The molecule has 1 amide bonds. The largest absolute Gasteiger partial charge is 0.309 e. The number of aromatic nitrogens is 2. The van der Waals surface area contributed by atoms with E-state index in [2.05, 4.69) is 28.2 Å². The Kier molecular flexibility index (Phi) is 5.72. The first-order valence-electron chi connectivity index (χ1n) is 9.76. The smallest absolute Gasteiger partial charge is 0.229 e. The SMILES string of the molecule is CCCc1nc2c(nc1NC(=O)Cc1ccc(Br)cc1)CCc1cc(F)ccc1-2. The number of rotatable bonds is 5. The lowest BCUT2D eigenvalue weighted by molar-refractivity contribution is -0.115. The topological polar surface area (TPSA) is 54.9 Å². The minimum absolute atomic E-state index is 0.114. The summed E-state index contributed by atoms with van der Waals surface area (Å²) in [5, 5.41) is 2.96. The summed E-state index contributed by atoms with van der Waals surface area (Å²) in [6.07, 6.45) is 3.28. The number of nitrogens with zero attached hydrogens (tertiary/aromatic N) is 2. The molecule has 1 aliphatic carbocycles. The Hall–Kier alpha value is -2.60. The van der Waals surface area contributed by atoms with Crippen LogP contribution in [0.4, 0.5) is 10.2 Å². The highest BCUT2D eigenvalue weighted by molar-refractivity contribution is 9.10. The molecule has 0 saturated carbocycles. The van der Waals surface area contributed by atoms with Crippen molar-refractivity contribution in [3.8, 4) is 11.3 Å². The van der Waals surface area contributed by atoms with E-state index in [4.69, 9.17) is 9.97 Å². The van der Waals surface area contributed by atoms with Crippen LogP contribution in [-0.4, -0.2) is 15.9 Å². The fourth-order valence-corrected chi connectivity index (χ4v) is 3.89. The molecule has 0 radical (unpaired) electrons. The molecule has 148 valence electrons. The summed E-state index contributed by atoms with van der Waals surface area (Å²) < 4.78 is 14.6. The van der Waals surface area contributed by atoms with E-state index in [0.29, 0.717) is 25.1 Å².